The van der Waals surface area contributed by atoms with Crippen LogP contribution >= 0.6 is 0 Å². The van der Waals surface area contributed by atoms with Crippen molar-refractivity contribution >= 4 is 23.9 Å². The van der Waals surface area contributed by atoms with Gasteiger partial charge in [0.15, 0.2) is 5.54 Å². The molecule has 2 fully saturated rings. The van der Waals surface area contributed by atoms with E-state index < -0.39 is 35.0 Å². The molecule has 3 aliphatic rings. The third-order valence-electron chi connectivity index (χ3n) is 4.95. The summed E-state index contributed by atoms with van der Waals surface area (Å²) in [4.78, 5) is 57.0. The van der Waals surface area contributed by atoms with E-state index in [-0.39, 0.29) is 36.8 Å². The van der Waals surface area contributed by atoms with Gasteiger partial charge in [0.2, 0.25) is 0 Å². The Labute approximate surface area is 161 Å². The van der Waals surface area contributed by atoms with E-state index in [0.717, 1.165) is 0 Å². The molecular weight excluding hydrogens is 368 g/mol. The monoisotopic (exact) mass is 388 g/mol. The predicted octanol–water partition coefficient (Wildman–Crippen LogP) is 1.52. The molecule has 4 rings (SSSR count). The van der Waals surface area contributed by atoms with Gasteiger partial charge in [-0.25, -0.2) is 9.59 Å². The fourth-order valence-electron chi connectivity index (χ4n) is 3.67. The quantitative estimate of drug-likeness (QED) is 0.708. The molecule has 3 aliphatic heterocycles. The van der Waals surface area contributed by atoms with Gasteiger partial charge in [-0.3, -0.25) is 14.5 Å². The second kappa shape index (κ2) is 6.03. The summed E-state index contributed by atoms with van der Waals surface area (Å²) >= 11 is 0. The van der Waals surface area contributed by atoms with Crippen LogP contribution in [-0.4, -0.2) is 64.2 Å². The van der Waals surface area contributed by atoms with Crippen molar-refractivity contribution in [2.75, 3.05) is 13.2 Å². The van der Waals surface area contributed by atoms with Gasteiger partial charge >= 0.3 is 12.1 Å². The molecule has 2 saturated heterocycles. The molecule has 0 radical (unpaired) electrons. The zero-order valence-electron chi connectivity index (χ0n) is 15.8. The molecule has 3 heterocycles. The molecule has 9 nitrogen and oxygen atoms in total. The van der Waals surface area contributed by atoms with Crippen LogP contribution < -0.4 is 0 Å². The first-order chi connectivity index (χ1) is 13.1. The highest BCUT2D eigenvalue weighted by Crippen LogP contribution is 2.40. The number of carbonyl (C=O) groups is 4. The Morgan fingerprint density at radius 3 is 2.29 bits per heavy atom. The molecule has 0 saturated carbocycles. The predicted molar refractivity (Wildman–Crippen MR) is 93.1 cm³/mol. The third-order valence-corrected chi connectivity index (χ3v) is 4.95. The smallest absolute Gasteiger partial charge is 0.411 e. The number of hydrogen-bond donors (Lipinski definition) is 0. The van der Waals surface area contributed by atoms with Crippen LogP contribution in [0, 0.1) is 0 Å². The topological polar surface area (TPSA) is 102 Å². The lowest BCUT2D eigenvalue weighted by Gasteiger charge is -2.36. The van der Waals surface area contributed by atoms with E-state index in [9.17, 15) is 19.2 Å². The number of likely N-dealkylation sites (tertiary alicyclic amines) is 1. The van der Waals surface area contributed by atoms with Crippen molar-refractivity contribution in [1.29, 1.82) is 0 Å². The number of fused-ring (bicyclic) bond motifs is 3. The standard InChI is InChI=1S/C19H20N2O7/c1-18(2,3)27-17(25)20-9-11-8-19(20,10-26-11)16(24)28-21-14(22)12-6-4-5-7-13(12)15(21)23/h4-7,11H,8-10H2,1-3H3. The number of hydroxylamine groups is 2. The van der Waals surface area contributed by atoms with Crippen molar-refractivity contribution in [3.63, 3.8) is 0 Å². The second-order valence-electron chi connectivity index (χ2n) is 8.09. The summed E-state index contributed by atoms with van der Waals surface area (Å²) < 4.78 is 10.9. The van der Waals surface area contributed by atoms with E-state index in [1.54, 1.807) is 32.9 Å². The summed E-state index contributed by atoms with van der Waals surface area (Å²) in [6.07, 6.45) is -0.784. The lowest BCUT2D eigenvalue weighted by Crippen LogP contribution is -2.59. The van der Waals surface area contributed by atoms with E-state index in [4.69, 9.17) is 14.3 Å². The minimum atomic E-state index is -1.43. The van der Waals surface area contributed by atoms with Gasteiger partial charge in [0.05, 0.1) is 30.4 Å². The largest absolute Gasteiger partial charge is 0.444 e. The van der Waals surface area contributed by atoms with Gasteiger partial charge in [0.1, 0.15) is 5.60 Å². The molecule has 9 heteroatoms. The molecule has 0 N–H and O–H groups in total. The molecule has 0 spiro atoms. The molecule has 1 aromatic rings. The Kier molecular flexibility index (Phi) is 3.97. The lowest BCUT2D eigenvalue weighted by atomic mass is 9.99. The van der Waals surface area contributed by atoms with Gasteiger partial charge in [-0.05, 0) is 32.9 Å². The average molecular weight is 388 g/mol. The van der Waals surface area contributed by atoms with E-state index >= 15 is 0 Å². The van der Waals surface area contributed by atoms with Crippen LogP contribution in [-0.2, 0) is 19.1 Å². The fraction of sp³-hybridized carbons (Fsp3) is 0.474. The normalized spacial score (nSPS) is 25.9. The zero-order valence-corrected chi connectivity index (χ0v) is 15.8. The highest BCUT2D eigenvalue weighted by atomic mass is 16.7. The molecular formula is C19H20N2O7. The van der Waals surface area contributed by atoms with Crippen molar-refractivity contribution in [3.05, 3.63) is 35.4 Å². The third kappa shape index (κ3) is 2.73. The highest BCUT2D eigenvalue weighted by molar-refractivity contribution is 6.21. The molecule has 148 valence electrons. The lowest BCUT2D eigenvalue weighted by molar-refractivity contribution is -0.183. The van der Waals surface area contributed by atoms with Crippen LogP contribution in [0.25, 0.3) is 0 Å². The average Bonchev–Trinajstić information content (AvgIpc) is 3.29. The van der Waals surface area contributed by atoms with E-state index in [1.807, 2.05) is 0 Å². The van der Waals surface area contributed by atoms with Crippen LogP contribution in [0.15, 0.2) is 24.3 Å². The number of benzene rings is 1. The number of imide groups is 1. The number of hydrogen-bond acceptors (Lipinski definition) is 7. The van der Waals surface area contributed by atoms with Crippen LogP contribution in [0.1, 0.15) is 47.9 Å². The molecule has 0 aliphatic carbocycles. The zero-order chi connectivity index (χ0) is 20.3. The Bertz CT molecular complexity index is 856. The number of carbonyl (C=O) groups excluding carboxylic acids is 4. The first kappa shape index (κ1) is 18.4. The molecule has 0 aromatic heterocycles. The summed E-state index contributed by atoms with van der Waals surface area (Å²) in [5.74, 6) is -2.34. The number of ether oxygens (including phenoxy) is 2. The van der Waals surface area contributed by atoms with E-state index in [2.05, 4.69) is 0 Å². The van der Waals surface area contributed by atoms with Crippen molar-refractivity contribution in [2.24, 2.45) is 0 Å². The number of amides is 3. The molecule has 3 amide bonds. The van der Waals surface area contributed by atoms with E-state index in [1.165, 1.54) is 17.0 Å². The molecule has 1 aromatic carbocycles. The van der Waals surface area contributed by atoms with Crippen LogP contribution in [0.2, 0.25) is 0 Å². The van der Waals surface area contributed by atoms with Gasteiger partial charge in [-0.2, -0.15) is 0 Å². The fourth-order valence-corrected chi connectivity index (χ4v) is 3.67. The Hall–Kier alpha value is -2.94. The summed E-state index contributed by atoms with van der Waals surface area (Å²) in [5, 5.41) is 0.445. The number of nitrogens with zero attached hydrogens (tertiary/aromatic N) is 2. The Morgan fingerprint density at radius 1 is 1.14 bits per heavy atom. The second-order valence-corrected chi connectivity index (χ2v) is 8.09. The maximum Gasteiger partial charge on any atom is 0.411 e. The molecule has 28 heavy (non-hydrogen) atoms. The van der Waals surface area contributed by atoms with Gasteiger partial charge in [-0.1, -0.05) is 17.2 Å². The number of rotatable bonds is 2. The maximum absolute atomic E-state index is 13.0. The maximum atomic E-state index is 13.0. The molecule has 2 bridgehead atoms. The minimum Gasteiger partial charge on any atom is -0.444 e. The highest BCUT2D eigenvalue weighted by Gasteiger charge is 2.62. The SMILES string of the molecule is CC(C)(C)OC(=O)N1CC2CC1(C(=O)ON1C(=O)c3ccccc3C1=O)CO2. The summed E-state index contributed by atoms with van der Waals surface area (Å²) in [6.45, 7) is 5.25. The minimum absolute atomic E-state index is 0.0844. The Balaban J connectivity index is 1.56. The first-order valence-corrected chi connectivity index (χ1v) is 8.95. The molecule has 2 atom stereocenters. The number of morpholine rings is 1. The van der Waals surface area contributed by atoms with Crippen LogP contribution in [0.5, 0.6) is 0 Å². The van der Waals surface area contributed by atoms with Gasteiger partial charge in [0.25, 0.3) is 11.8 Å². The van der Waals surface area contributed by atoms with Gasteiger partial charge in [0, 0.05) is 6.42 Å². The van der Waals surface area contributed by atoms with Gasteiger partial charge in [-0.15, -0.1) is 0 Å². The van der Waals surface area contributed by atoms with Crippen molar-refractivity contribution in [1.82, 2.24) is 9.96 Å². The Morgan fingerprint density at radius 2 is 1.75 bits per heavy atom. The van der Waals surface area contributed by atoms with Crippen LogP contribution in [0.4, 0.5) is 4.79 Å². The van der Waals surface area contributed by atoms with E-state index in [0.29, 0.717) is 5.06 Å². The summed E-state index contributed by atoms with van der Waals surface area (Å²) in [7, 11) is 0. The van der Waals surface area contributed by atoms with Crippen LogP contribution in [0.3, 0.4) is 0 Å². The van der Waals surface area contributed by atoms with Crippen molar-refractivity contribution in [3.8, 4) is 0 Å². The summed E-state index contributed by atoms with van der Waals surface area (Å²) in [6, 6.07) is 6.20. The molecule has 2 unspecified atom stereocenters. The summed E-state index contributed by atoms with van der Waals surface area (Å²) in [5.41, 5.74) is -1.85. The van der Waals surface area contributed by atoms with Crippen molar-refractivity contribution in [2.45, 2.75) is 44.4 Å². The van der Waals surface area contributed by atoms with Crippen molar-refractivity contribution < 1.29 is 33.5 Å². The van der Waals surface area contributed by atoms with Gasteiger partial charge < -0.3 is 14.3 Å². The first-order valence-electron chi connectivity index (χ1n) is 8.95.